The normalized spacial score (nSPS) is 12.4. The van der Waals surface area contributed by atoms with Crippen LogP contribution in [0, 0.1) is 5.82 Å². The lowest BCUT2D eigenvalue weighted by molar-refractivity contribution is 0.262. The third-order valence-electron chi connectivity index (χ3n) is 4.37. The van der Waals surface area contributed by atoms with Gasteiger partial charge in [0.1, 0.15) is 5.82 Å². The molecule has 0 saturated heterocycles. The molecule has 0 radical (unpaired) electrons. The number of aliphatic imine (C=N–C) groups is 1. The second-order valence-electron chi connectivity index (χ2n) is 8.37. The van der Waals surface area contributed by atoms with Crippen LogP contribution >= 0.6 is 11.6 Å². The number of urea groups is 1. The van der Waals surface area contributed by atoms with Crippen molar-refractivity contribution in [1.29, 1.82) is 0 Å². The highest BCUT2D eigenvalue weighted by atomic mass is 35.5. The number of carbonyl (C=O) groups is 1. The average molecular weight is 482 g/mol. The number of anilines is 3. The fourth-order valence-electron chi connectivity index (χ4n) is 2.90. The lowest BCUT2D eigenvalue weighted by Crippen LogP contribution is -2.19. The first-order chi connectivity index (χ1) is 16.0. The van der Waals surface area contributed by atoms with Gasteiger partial charge in [-0.15, -0.1) is 0 Å². The lowest BCUT2D eigenvalue weighted by atomic mass is 10.0. The smallest absolute Gasteiger partial charge is 0.323 e. The molecular formula is C24H25ClFN7O. The van der Waals surface area contributed by atoms with E-state index >= 15 is 0 Å². The number of nitrogens with one attached hydrogen (secondary N) is 2. The van der Waals surface area contributed by atoms with Gasteiger partial charge < -0.3 is 22.1 Å². The van der Waals surface area contributed by atoms with Crippen LogP contribution in [0.1, 0.15) is 32.0 Å². The Labute approximate surface area is 202 Å². The number of hydrogen-bond donors (Lipinski definition) is 4. The van der Waals surface area contributed by atoms with E-state index < -0.39 is 17.4 Å². The van der Waals surface area contributed by atoms with Crippen molar-refractivity contribution in [3.63, 3.8) is 0 Å². The monoisotopic (exact) mass is 481 g/mol. The fraction of sp³-hybridized carbons (Fsp3) is 0.167. The van der Waals surface area contributed by atoms with Gasteiger partial charge in [0.05, 0.1) is 16.9 Å². The minimum Gasteiger partial charge on any atom is -0.396 e. The molecule has 3 aromatic rings. The third kappa shape index (κ3) is 7.01. The number of benzene rings is 2. The van der Waals surface area contributed by atoms with Crippen molar-refractivity contribution >= 4 is 52.4 Å². The maximum absolute atomic E-state index is 14.6. The third-order valence-corrected chi connectivity index (χ3v) is 4.61. The number of carbonyl (C=O) groups excluding carboxylic acids is 1. The van der Waals surface area contributed by atoms with E-state index in [0.717, 1.165) is 0 Å². The van der Waals surface area contributed by atoms with Gasteiger partial charge >= 0.3 is 6.03 Å². The van der Waals surface area contributed by atoms with Crippen molar-refractivity contribution in [2.24, 2.45) is 10.7 Å². The Hall–Kier alpha value is -3.98. The molecule has 0 atom stereocenters. The molecule has 34 heavy (non-hydrogen) atoms. The molecule has 176 valence electrons. The first kappa shape index (κ1) is 24.7. The highest BCUT2D eigenvalue weighted by Crippen LogP contribution is 2.26. The summed E-state index contributed by atoms with van der Waals surface area (Å²) in [7, 11) is 0. The number of amides is 2. The first-order valence-electron chi connectivity index (χ1n) is 10.3. The van der Waals surface area contributed by atoms with Crippen LogP contribution < -0.4 is 22.1 Å². The number of hydrogen-bond acceptors (Lipinski definition) is 6. The molecule has 6 N–H and O–H groups in total. The number of nitrogens with zero attached hydrogens (tertiary/aromatic N) is 3. The van der Waals surface area contributed by atoms with Crippen molar-refractivity contribution in [1.82, 2.24) is 9.97 Å². The molecule has 8 nitrogen and oxygen atoms in total. The zero-order valence-electron chi connectivity index (χ0n) is 18.9. The second kappa shape index (κ2) is 10.3. The summed E-state index contributed by atoms with van der Waals surface area (Å²) in [6, 6.07) is 11.8. The molecule has 1 heterocycles. The van der Waals surface area contributed by atoms with E-state index in [9.17, 15) is 9.18 Å². The molecule has 0 fully saturated rings. The minimum atomic E-state index is -0.577. The number of rotatable bonds is 5. The number of halogens is 2. The van der Waals surface area contributed by atoms with Crippen LogP contribution in [-0.4, -0.2) is 27.8 Å². The minimum absolute atomic E-state index is 0.0480. The highest BCUT2D eigenvalue weighted by molar-refractivity contribution is 6.31. The van der Waals surface area contributed by atoms with E-state index in [-0.39, 0.29) is 17.3 Å². The molecule has 0 aliphatic rings. The van der Waals surface area contributed by atoms with E-state index in [4.69, 9.17) is 23.1 Å². The standard InChI is InChI=1S/C24H25ClFN7O/c1-24(2,3)30-13-19(21(27)20-7-8-29-22(28)33-20)14-9-16(26)12-18(10-14)32-23(34)31-17-6-4-5-15(25)11-17/h4-13H,27H2,1-3H3,(H2,28,29,33)(H2,31,32,34). The van der Waals surface area contributed by atoms with Crippen LogP contribution in [0.4, 0.5) is 26.5 Å². The zero-order valence-corrected chi connectivity index (χ0v) is 19.7. The number of nitrogens with two attached hydrogens (primary N) is 2. The van der Waals surface area contributed by atoms with Gasteiger partial charge in [-0.2, -0.15) is 0 Å². The van der Waals surface area contributed by atoms with Crippen molar-refractivity contribution in [3.05, 3.63) is 76.8 Å². The highest BCUT2D eigenvalue weighted by Gasteiger charge is 2.14. The molecule has 0 aliphatic heterocycles. The molecule has 0 saturated carbocycles. The van der Waals surface area contributed by atoms with Gasteiger partial charge in [0.25, 0.3) is 0 Å². The van der Waals surface area contributed by atoms with Crippen LogP contribution in [0.25, 0.3) is 11.3 Å². The van der Waals surface area contributed by atoms with E-state index in [0.29, 0.717) is 27.5 Å². The summed E-state index contributed by atoms with van der Waals surface area (Å²) in [5.41, 5.74) is 13.8. The molecular weight excluding hydrogens is 457 g/mol. The maximum Gasteiger partial charge on any atom is 0.323 e. The van der Waals surface area contributed by atoms with Gasteiger partial charge in [0.2, 0.25) is 5.95 Å². The summed E-state index contributed by atoms with van der Waals surface area (Å²) in [6.07, 6.45) is 3.03. The van der Waals surface area contributed by atoms with Crippen molar-refractivity contribution < 1.29 is 9.18 Å². The largest absolute Gasteiger partial charge is 0.396 e. The molecule has 10 heteroatoms. The predicted octanol–water partition coefficient (Wildman–Crippen LogP) is 5.19. The van der Waals surface area contributed by atoms with Gasteiger partial charge in [-0.25, -0.2) is 19.2 Å². The molecule has 0 unspecified atom stereocenters. The van der Waals surface area contributed by atoms with E-state index in [2.05, 4.69) is 25.6 Å². The number of allylic oxidation sites excluding steroid dienone is 1. The van der Waals surface area contributed by atoms with Gasteiger partial charge in [0, 0.05) is 34.4 Å². The molecule has 0 aliphatic carbocycles. The average Bonchev–Trinajstić information content (AvgIpc) is 2.72. The summed E-state index contributed by atoms with van der Waals surface area (Å²) >= 11 is 5.95. The Morgan fingerprint density at radius 3 is 2.53 bits per heavy atom. The Balaban J connectivity index is 1.99. The summed E-state index contributed by atoms with van der Waals surface area (Å²) < 4.78 is 14.6. The topological polar surface area (TPSA) is 131 Å². The van der Waals surface area contributed by atoms with E-state index in [1.807, 2.05) is 20.8 Å². The molecule has 2 aromatic carbocycles. The fourth-order valence-corrected chi connectivity index (χ4v) is 3.09. The second-order valence-corrected chi connectivity index (χ2v) is 8.81. The Morgan fingerprint density at radius 2 is 1.85 bits per heavy atom. The van der Waals surface area contributed by atoms with Gasteiger partial charge in [-0.1, -0.05) is 17.7 Å². The van der Waals surface area contributed by atoms with Crippen molar-refractivity contribution in [2.45, 2.75) is 26.3 Å². The van der Waals surface area contributed by atoms with Crippen LogP contribution in [0.5, 0.6) is 0 Å². The van der Waals surface area contributed by atoms with Crippen LogP contribution in [0.2, 0.25) is 5.02 Å². The SMILES string of the molecule is CC(C)(C)N=CC(=C(N)c1ccnc(N)n1)c1cc(F)cc(NC(=O)Nc2cccc(Cl)c2)c1. The van der Waals surface area contributed by atoms with Crippen LogP contribution in [0.3, 0.4) is 0 Å². The van der Waals surface area contributed by atoms with Crippen molar-refractivity contribution in [2.75, 3.05) is 16.4 Å². The summed E-state index contributed by atoms with van der Waals surface area (Å²) in [5, 5.41) is 5.74. The molecule has 0 spiro atoms. The maximum atomic E-state index is 14.6. The Morgan fingerprint density at radius 1 is 1.12 bits per heavy atom. The zero-order chi connectivity index (χ0) is 24.9. The van der Waals surface area contributed by atoms with Crippen molar-refractivity contribution in [3.8, 4) is 0 Å². The first-order valence-corrected chi connectivity index (χ1v) is 10.7. The molecule has 3 rings (SSSR count). The van der Waals surface area contributed by atoms with E-state index in [1.165, 1.54) is 18.3 Å². The van der Waals surface area contributed by atoms with Crippen LogP contribution in [0.15, 0.2) is 59.7 Å². The van der Waals surface area contributed by atoms with Gasteiger partial charge in [-0.05, 0) is 68.8 Å². The predicted molar refractivity (Wildman–Crippen MR) is 136 cm³/mol. The van der Waals surface area contributed by atoms with Crippen LogP contribution in [-0.2, 0) is 0 Å². The Bertz CT molecular complexity index is 1270. The Kier molecular flexibility index (Phi) is 7.47. The summed E-state index contributed by atoms with van der Waals surface area (Å²) in [4.78, 5) is 25.0. The quantitative estimate of drug-likeness (QED) is 0.372. The van der Waals surface area contributed by atoms with Gasteiger partial charge in [0.15, 0.2) is 0 Å². The molecule has 1 aromatic heterocycles. The molecule has 0 bridgehead atoms. The number of aromatic nitrogens is 2. The summed E-state index contributed by atoms with van der Waals surface area (Å²) in [6.45, 7) is 5.75. The number of nitrogen functional groups attached to an aromatic ring is 1. The molecule has 2 amide bonds. The van der Waals surface area contributed by atoms with Gasteiger partial charge in [-0.3, -0.25) is 4.99 Å². The lowest BCUT2D eigenvalue weighted by Gasteiger charge is -2.15. The van der Waals surface area contributed by atoms with E-state index in [1.54, 1.807) is 42.6 Å². The summed E-state index contributed by atoms with van der Waals surface area (Å²) in [5.74, 6) is -0.529.